The first kappa shape index (κ1) is 13.1. The van der Waals surface area contributed by atoms with Gasteiger partial charge in [0.2, 0.25) is 0 Å². The number of esters is 1. The van der Waals surface area contributed by atoms with Crippen molar-refractivity contribution >= 4 is 11.9 Å². The van der Waals surface area contributed by atoms with Crippen molar-refractivity contribution in [2.24, 2.45) is 0 Å². The van der Waals surface area contributed by atoms with Gasteiger partial charge < -0.3 is 9.64 Å². The predicted octanol–water partition coefficient (Wildman–Crippen LogP) is 0.856. The van der Waals surface area contributed by atoms with Crippen molar-refractivity contribution < 1.29 is 18.7 Å². The quantitative estimate of drug-likeness (QED) is 0.732. The lowest BCUT2D eigenvalue weighted by molar-refractivity contribution is -0.141. The van der Waals surface area contributed by atoms with Crippen LogP contribution in [-0.2, 0) is 9.53 Å². The highest BCUT2D eigenvalue weighted by molar-refractivity contribution is 5.95. The van der Waals surface area contributed by atoms with Gasteiger partial charge in [-0.25, -0.2) is 4.39 Å². The molecule has 0 aliphatic carbocycles. The molecule has 0 bridgehead atoms. The summed E-state index contributed by atoms with van der Waals surface area (Å²) in [5, 5.41) is 0. The Morgan fingerprint density at radius 3 is 2.71 bits per heavy atom. The van der Waals surface area contributed by atoms with E-state index in [0.717, 1.165) is 12.3 Å². The van der Waals surface area contributed by atoms with Gasteiger partial charge in [-0.05, 0) is 13.0 Å². The minimum Gasteiger partial charge on any atom is -0.468 e. The fourth-order valence-corrected chi connectivity index (χ4v) is 1.26. The molecule has 1 rings (SSSR count). The van der Waals surface area contributed by atoms with E-state index in [9.17, 15) is 14.0 Å². The number of nitrogens with zero attached hydrogens (tertiary/aromatic N) is 2. The molecule has 6 heteroatoms. The molecule has 0 N–H and O–H groups in total. The van der Waals surface area contributed by atoms with Gasteiger partial charge >= 0.3 is 5.97 Å². The summed E-state index contributed by atoms with van der Waals surface area (Å²) in [6.07, 6.45) is 2.26. The zero-order chi connectivity index (χ0) is 12.8. The molecule has 0 atom stereocenters. The smallest absolute Gasteiger partial charge is 0.325 e. The number of hydrogen-bond donors (Lipinski definition) is 0. The zero-order valence-corrected chi connectivity index (χ0v) is 9.64. The molecule has 0 saturated carbocycles. The number of aromatic nitrogens is 1. The minimum absolute atomic E-state index is 0.107. The average molecular weight is 240 g/mol. The number of methoxy groups -OCH3 is 1. The summed E-state index contributed by atoms with van der Waals surface area (Å²) in [5.41, 5.74) is 0.107. The van der Waals surface area contributed by atoms with Crippen molar-refractivity contribution in [3.05, 3.63) is 29.8 Å². The van der Waals surface area contributed by atoms with Crippen LogP contribution in [0.2, 0.25) is 0 Å². The molecule has 0 aromatic carbocycles. The third-order valence-electron chi connectivity index (χ3n) is 2.17. The second-order valence-electron chi connectivity index (χ2n) is 3.29. The highest BCUT2D eigenvalue weighted by Crippen LogP contribution is 2.05. The van der Waals surface area contributed by atoms with E-state index in [0.29, 0.717) is 6.54 Å². The van der Waals surface area contributed by atoms with Crippen LogP contribution in [0.1, 0.15) is 17.3 Å². The van der Waals surface area contributed by atoms with Crippen LogP contribution in [-0.4, -0.2) is 42.0 Å². The van der Waals surface area contributed by atoms with Gasteiger partial charge in [0.1, 0.15) is 12.4 Å². The molecule has 92 valence electrons. The van der Waals surface area contributed by atoms with Crippen LogP contribution in [0.15, 0.2) is 18.5 Å². The van der Waals surface area contributed by atoms with Crippen LogP contribution < -0.4 is 0 Å². The van der Waals surface area contributed by atoms with Crippen LogP contribution in [0.4, 0.5) is 4.39 Å². The largest absolute Gasteiger partial charge is 0.468 e. The zero-order valence-electron chi connectivity index (χ0n) is 9.64. The molecular weight excluding hydrogens is 227 g/mol. The Kier molecular flexibility index (Phi) is 4.56. The second kappa shape index (κ2) is 5.93. The van der Waals surface area contributed by atoms with Crippen LogP contribution in [0.3, 0.4) is 0 Å². The van der Waals surface area contributed by atoms with E-state index in [4.69, 9.17) is 0 Å². The Hall–Kier alpha value is -1.98. The van der Waals surface area contributed by atoms with Gasteiger partial charge in [0.15, 0.2) is 0 Å². The van der Waals surface area contributed by atoms with E-state index in [1.54, 1.807) is 6.92 Å². The Morgan fingerprint density at radius 1 is 1.47 bits per heavy atom. The summed E-state index contributed by atoms with van der Waals surface area (Å²) in [6, 6.07) is 1.08. The Bertz CT molecular complexity index is 423. The molecule has 0 saturated heterocycles. The highest BCUT2D eigenvalue weighted by atomic mass is 19.1. The molecule has 1 amide bonds. The molecule has 17 heavy (non-hydrogen) atoms. The summed E-state index contributed by atoms with van der Waals surface area (Å²) in [4.78, 5) is 27.8. The molecule has 1 aromatic rings. The maximum absolute atomic E-state index is 12.9. The third-order valence-corrected chi connectivity index (χ3v) is 2.17. The SMILES string of the molecule is CCN(CC(=O)OC)C(=O)c1cncc(F)c1. The average Bonchev–Trinajstić information content (AvgIpc) is 2.34. The molecule has 5 nitrogen and oxygen atoms in total. The standard InChI is InChI=1S/C11H13FN2O3/c1-3-14(7-10(15)17-2)11(16)8-4-9(12)6-13-5-8/h4-6H,3,7H2,1-2H3. The second-order valence-corrected chi connectivity index (χ2v) is 3.29. The van der Waals surface area contributed by atoms with E-state index in [1.165, 1.54) is 18.2 Å². The molecule has 0 unspecified atom stereocenters. The van der Waals surface area contributed by atoms with Crippen molar-refractivity contribution in [2.45, 2.75) is 6.92 Å². The third kappa shape index (κ3) is 3.51. The first-order valence-corrected chi connectivity index (χ1v) is 5.05. The van der Waals surface area contributed by atoms with Crippen molar-refractivity contribution in [3.8, 4) is 0 Å². The van der Waals surface area contributed by atoms with Crippen molar-refractivity contribution in [2.75, 3.05) is 20.2 Å². The van der Waals surface area contributed by atoms with E-state index >= 15 is 0 Å². The minimum atomic E-state index is -0.593. The van der Waals surface area contributed by atoms with E-state index in [1.807, 2.05) is 0 Å². The molecular formula is C11H13FN2O3. The molecule has 0 fully saturated rings. The lowest BCUT2D eigenvalue weighted by atomic mass is 10.2. The number of halogens is 1. The number of likely N-dealkylation sites (N-methyl/N-ethyl adjacent to an activating group) is 1. The summed E-state index contributed by atoms with van der Waals surface area (Å²) in [7, 11) is 1.24. The van der Waals surface area contributed by atoms with Gasteiger partial charge in [-0.3, -0.25) is 14.6 Å². The van der Waals surface area contributed by atoms with Gasteiger partial charge in [0.25, 0.3) is 5.91 Å². The van der Waals surface area contributed by atoms with Crippen molar-refractivity contribution in [1.29, 1.82) is 0 Å². The molecule has 0 spiro atoms. The van der Waals surface area contributed by atoms with E-state index in [-0.39, 0.29) is 12.1 Å². The molecule has 0 radical (unpaired) electrons. The lowest BCUT2D eigenvalue weighted by Gasteiger charge is -2.19. The normalized spacial score (nSPS) is 9.82. The summed E-state index contributed by atoms with van der Waals surface area (Å²) < 4.78 is 17.4. The highest BCUT2D eigenvalue weighted by Gasteiger charge is 2.18. The fourth-order valence-electron chi connectivity index (χ4n) is 1.26. The summed E-state index contributed by atoms with van der Waals surface area (Å²) in [5.74, 6) is -1.57. The monoisotopic (exact) mass is 240 g/mol. The first-order chi connectivity index (χ1) is 8.08. The topological polar surface area (TPSA) is 59.5 Å². The van der Waals surface area contributed by atoms with Gasteiger partial charge in [-0.2, -0.15) is 0 Å². The Morgan fingerprint density at radius 2 is 2.18 bits per heavy atom. The maximum atomic E-state index is 12.9. The summed E-state index contributed by atoms with van der Waals surface area (Å²) >= 11 is 0. The molecule has 1 heterocycles. The number of ether oxygens (including phenoxy) is 1. The summed E-state index contributed by atoms with van der Waals surface area (Å²) in [6.45, 7) is 1.88. The Balaban J connectivity index is 2.82. The maximum Gasteiger partial charge on any atom is 0.325 e. The van der Waals surface area contributed by atoms with Gasteiger partial charge in [0, 0.05) is 12.7 Å². The van der Waals surface area contributed by atoms with Crippen LogP contribution in [0.25, 0.3) is 0 Å². The number of carbonyl (C=O) groups excluding carboxylic acids is 2. The van der Waals surface area contributed by atoms with Crippen LogP contribution in [0, 0.1) is 5.82 Å². The van der Waals surface area contributed by atoms with Crippen molar-refractivity contribution in [1.82, 2.24) is 9.88 Å². The Labute approximate surface area is 98.2 Å². The van der Waals surface area contributed by atoms with E-state index < -0.39 is 17.7 Å². The van der Waals surface area contributed by atoms with Gasteiger partial charge in [-0.1, -0.05) is 0 Å². The number of hydrogen-bond acceptors (Lipinski definition) is 4. The number of carbonyl (C=O) groups is 2. The fraction of sp³-hybridized carbons (Fsp3) is 0.364. The molecule has 0 aliphatic rings. The van der Waals surface area contributed by atoms with Gasteiger partial charge in [-0.15, -0.1) is 0 Å². The predicted molar refractivity (Wildman–Crippen MR) is 57.8 cm³/mol. The molecule has 0 aliphatic heterocycles. The van der Waals surface area contributed by atoms with Crippen LogP contribution in [0.5, 0.6) is 0 Å². The number of pyridine rings is 1. The number of amides is 1. The van der Waals surface area contributed by atoms with Crippen LogP contribution >= 0.6 is 0 Å². The molecule has 1 aromatic heterocycles. The van der Waals surface area contributed by atoms with Gasteiger partial charge in [0.05, 0.1) is 18.9 Å². The lowest BCUT2D eigenvalue weighted by Crippen LogP contribution is -2.36. The van der Waals surface area contributed by atoms with Crippen molar-refractivity contribution in [3.63, 3.8) is 0 Å². The first-order valence-electron chi connectivity index (χ1n) is 5.05. The number of rotatable bonds is 4. The van der Waals surface area contributed by atoms with E-state index in [2.05, 4.69) is 9.72 Å².